The zero-order chi connectivity index (χ0) is 58.6. The van der Waals surface area contributed by atoms with Crippen LogP contribution in [0, 0.1) is 5.92 Å². The van der Waals surface area contributed by atoms with Gasteiger partial charge in [-0.2, -0.15) is 0 Å². The smallest absolute Gasteiger partial charge is 0.245 e. The molecule has 10 amide bonds. The SMILES string of the molecule is CCC[C@@H]1NC(=O)[C@H](CCCN=C(N)N)NC(=O)[C@@H]2CCCN2C(=O)[C@H](CCCN=C(N)N)NC(=O)CCC(=O)NCCCCN(CC(N)=O)C(=O)[C@H](CCC(C)C)NC(=O)[C@H](CN)NC(=O)[C@H](Cc2ccc(O)cc2)NC1=O. The van der Waals surface area contributed by atoms with Crippen molar-refractivity contribution in [3.63, 3.8) is 0 Å². The van der Waals surface area contributed by atoms with E-state index in [0.717, 1.165) is 0 Å². The maximum atomic E-state index is 14.4. The summed E-state index contributed by atoms with van der Waals surface area (Å²) in [4.78, 5) is 149. The Bertz CT molecular complexity index is 2290. The lowest BCUT2D eigenvalue weighted by Crippen LogP contribution is -2.61. The molecule has 0 saturated carbocycles. The number of phenolic OH excluding ortho intramolecular Hbond substituents is 1. The highest BCUT2D eigenvalue weighted by molar-refractivity contribution is 5.98. The Balaban J connectivity index is 2.10. The quantitative estimate of drug-likeness (QED) is 0.0380. The van der Waals surface area contributed by atoms with Gasteiger partial charge in [-0.3, -0.25) is 57.9 Å². The molecule has 2 fully saturated rings. The summed E-state index contributed by atoms with van der Waals surface area (Å²) in [6, 6.07) is -3.13. The first-order valence-corrected chi connectivity index (χ1v) is 27.1. The summed E-state index contributed by atoms with van der Waals surface area (Å²) in [5.74, 6) is -7.53. The van der Waals surface area contributed by atoms with Gasteiger partial charge in [0.05, 0.1) is 6.54 Å². The van der Waals surface area contributed by atoms with Crippen LogP contribution in [0.3, 0.4) is 0 Å². The van der Waals surface area contributed by atoms with Crippen LogP contribution in [0.2, 0.25) is 0 Å². The van der Waals surface area contributed by atoms with Gasteiger partial charge in [0.2, 0.25) is 59.1 Å². The minimum atomic E-state index is -1.45. The Kier molecular flexibility index (Phi) is 28.3. The first kappa shape index (κ1) is 65.5. The number of amides is 10. The van der Waals surface area contributed by atoms with E-state index < -0.39 is 114 Å². The number of nitrogens with zero attached hydrogens (tertiary/aromatic N) is 4. The van der Waals surface area contributed by atoms with E-state index in [4.69, 9.17) is 34.4 Å². The molecule has 28 nitrogen and oxygen atoms in total. The van der Waals surface area contributed by atoms with Gasteiger partial charge in [-0.1, -0.05) is 39.3 Å². The largest absolute Gasteiger partial charge is 0.508 e. The molecule has 0 spiro atoms. The van der Waals surface area contributed by atoms with Gasteiger partial charge in [-0.25, -0.2) is 0 Å². The van der Waals surface area contributed by atoms with Crippen LogP contribution < -0.4 is 71.6 Å². The Morgan fingerprint density at radius 2 is 1.16 bits per heavy atom. The molecule has 0 radical (unpaired) electrons. The topological polar surface area (TPSA) is 462 Å². The number of aliphatic imine (C=N–C) groups is 2. The number of fused-ring (bicyclic) bond motifs is 1. The molecule has 0 aromatic heterocycles. The molecule has 3 rings (SSSR count). The van der Waals surface area contributed by atoms with Crippen molar-refractivity contribution in [3.8, 4) is 5.75 Å². The van der Waals surface area contributed by atoms with E-state index in [9.17, 15) is 53.1 Å². The number of nitrogens with two attached hydrogens (primary N) is 6. The molecule has 1 aromatic rings. The zero-order valence-corrected chi connectivity index (χ0v) is 45.8. The average molecular weight is 1110 g/mol. The van der Waals surface area contributed by atoms with E-state index >= 15 is 0 Å². The summed E-state index contributed by atoms with van der Waals surface area (Å²) in [6.45, 7) is 5.08. The Morgan fingerprint density at radius 1 is 0.633 bits per heavy atom. The van der Waals surface area contributed by atoms with Crippen molar-refractivity contribution >= 4 is 71.0 Å². The molecule has 2 aliphatic heterocycles. The standard InChI is InChI=1S/C51H85N17O11/c1-4-10-33-43(73)65-37(27-31-15-17-32(69)18-16-31)45(75)66-38(28-52)46(76)64-36(19-14-30(2)3)48(78)67(29-40(53)70)25-6-5-22-58-41(71)20-21-42(72)61-35(12-8-24-60-51(56)57)49(79)68-26-9-13-39(68)47(77)63-34(44(74)62-33)11-7-23-59-50(54)55/h15-18,30,33-39,69H,4-14,19-29,52H2,1-3H3,(H2,53,70)(H,58,71)(H,61,72)(H,62,74)(H,63,77)(H,64,76)(H,65,73)(H,66,75)(H4,54,55,59)(H4,56,57,60)/t33-,34-,35-,36-,37-,38-,39-/m0/s1. The van der Waals surface area contributed by atoms with Gasteiger partial charge >= 0.3 is 0 Å². The van der Waals surface area contributed by atoms with Gasteiger partial charge in [0.25, 0.3) is 0 Å². The third-order valence-corrected chi connectivity index (χ3v) is 13.1. The maximum Gasteiger partial charge on any atom is 0.245 e. The zero-order valence-electron chi connectivity index (χ0n) is 45.8. The number of benzene rings is 1. The van der Waals surface area contributed by atoms with Crippen LogP contribution >= 0.6 is 0 Å². The van der Waals surface area contributed by atoms with E-state index in [1.807, 2.05) is 13.8 Å². The summed E-state index contributed by atoms with van der Waals surface area (Å²) >= 11 is 0. The van der Waals surface area contributed by atoms with Crippen molar-refractivity contribution in [1.29, 1.82) is 0 Å². The molecule has 440 valence electrons. The molecule has 2 aliphatic rings. The highest BCUT2D eigenvalue weighted by atomic mass is 16.3. The number of aromatic hydroxyl groups is 1. The number of hydrogen-bond acceptors (Lipinski definition) is 14. The lowest BCUT2D eigenvalue weighted by Gasteiger charge is -2.30. The summed E-state index contributed by atoms with van der Waals surface area (Å²) in [6.07, 6.45) is 1.91. The first-order chi connectivity index (χ1) is 37.5. The van der Waals surface area contributed by atoms with Crippen molar-refractivity contribution in [3.05, 3.63) is 29.8 Å². The van der Waals surface area contributed by atoms with E-state index in [-0.39, 0.29) is 127 Å². The first-order valence-electron chi connectivity index (χ1n) is 27.1. The molecule has 1 aromatic carbocycles. The highest BCUT2D eigenvalue weighted by Crippen LogP contribution is 2.21. The second-order valence-electron chi connectivity index (χ2n) is 20.2. The molecule has 0 bridgehead atoms. The predicted octanol–water partition coefficient (Wildman–Crippen LogP) is -3.86. The number of primary amides is 1. The number of carbonyl (C=O) groups excluding carboxylic acids is 10. The van der Waals surface area contributed by atoms with Crippen molar-refractivity contribution in [2.45, 2.75) is 159 Å². The number of rotatable bonds is 18. The van der Waals surface area contributed by atoms with Crippen LogP contribution in [0.4, 0.5) is 0 Å². The molecular formula is C51H85N17O11. The molecular weight excluding hydrogens is 1030 g/mol. The fourth-order valence-corrected chi connectivity index (χ4v) is 8.93. The van der Waals surface area contributed by atoms with Crippen molar-refractivity contribution < 1.29 is 53.1 Å². The minimum absolute atomic E-state index is 0.00148. The van der Waals surface area contributed by atoms with Crippen molar-refractivity contribution in [2.75, 3.05) is 45.8 Å². The number of phenols is 1. The summed E-state index contributed by atoms with van der Waals surface area (Å²) in [5.41, 5.74) is 34.2. The van der Waals surface area contributed by atoms with Gasteiger partial charge in [0, 0.05) is 58.5 Å². The molecule has 2 saturated heterocycles. The van der Waals surface area contributed by atoms with E-state index in [1.54, 1.807) is 6.92 Å². The van der Waals surface area contributed by atoms with Crippen LogP contribution in [0.5, 0.6) is 5.75 Å². The van der Waals surface area contributed by atoms with Gasteiger partial charge in [0.1, 0.15) is 48.0 Å². The molecule has 7 atom stereocenters. The van der Waals surface area contributed by atoms with Gasteiger partial charge in [0.15, 0.2) is 11.9 Å². The van der Waals surface area contributed by atoms with Crippen molar-refractivity contribution in [2.24, 2.45) is 50.3 Å². The molecule has 20 N–H and O–H groups in total. The predicted molar refractivity (Wildman–Crippen MR) is 293 cm³/mol. The lowest BCUT2D eigenvalue weighted by atomic mass is 10.0. The fourth-order valence-electron chi connectivity index (χ4n) is 8.93. The normalized spacial score (nSPS) is 23.4. The summed E-state index contributed by atoms with van der Waals surface area (Å²) in [7, 11) is 0. The van der Waals surface area contributed by atoms with Gasteiger partial charge in [-0.05, 0) is 94.2 Å². The second kappa shape index (κ2) is 34.2. The number of guanidine groups is 2. The highest BCUT2D eigenvalue weighted by Gasteiger charge is 2.40. The van der Waals surface area contributed by atoms with Gasteiger partial charge in [-0.15, -0.1) is 0 Å². The van der Waals surface area contributed by atoms with E-state index in [1.165, 1.54) is 34.1 Å². The van der Waals surface area contributed by atoms with Crippen LogP contribution in [0.15, 0.2) is 34.3 Å². The molecule has 28 heteroatoms. The second-order valence-corrected chi connectivity index (χ2v) is 20.2. The van der Waals surface area contributed by atoms with E-state index in [0.29, 0.717) is 31.2 Å². The molecule has 0 aliphatic carbocycles. The Morgan fingerprint density at radius 3 is 1.76 bits per heavy atom. The monoisotopic (exact) mass is 1110 g/mol. The molecule has 2 heterocycles. The van der Waals surface area contributed by atoms with Crippen molar-refractivity contribution in [1.82, 2.24) is 47.0 Å². The third-order valence-electron chi connectivity index (χ3n) is 13.1. The van der Waals surface area contributed by atoms with Crippen LogP contribution in [0.1, 0.15) is 116 Å². The van der Waals surface area contributed by atoms with E-state index in [2.05, 4.69) is 47.2 Å². The Hall–Kier alpha value is -7.78. The fraction of sp³-hybridized carbons (Fsp3) is 0.647. The molecule has 0 unspecified atom stereocenters. The van der Waals surface area contributed by atoms with Crippen LogP contribution in [0.25, 0.3) is 0 Å². The summed E-state index contributed by atoms with van der Waals surface area (Å²) < 4.78 is 0. The summed E-state index contributed by atoms with van der Waals surface area (Å²) in [5, 5.41) is 28.9. The average Bonchev–Trinajstić information content (AvgIpc) is 3.89. The number of carbonyl (C=O) groups is 10. The van der Waals surface area contributed by atoms with Crippen LogP contribution in [-0.2, 0) is 54.4 Å². The van der Waals surface area contributed by atoms with Crippen LogP contribution in [-0.4, -0.2) is 174 Å². The molecule has 79 heavy (non-hydrogen) atoms. The maximum absolute atomic E-state index is 14.4. The number of nitrogens with one attached hydrogen (secondary N) is 7. The minimum Gasteiger partial charge on any atom is -0.508 e. The third kappa shape index (κ3) is 23.8. The lowest BCUT2D eigenvalue weighted by molar-refractivity contribution is -0.142. The Labute approximate surface area is 460 Å². The number of hydrogen-bond donors (Lipinski definition) is 14. The van der Waals surface area contributed by atoms with Gasteiger partial charge < -0.3 is 86.5 Å².